The maximum absolute atomic E-state index is 14.6. The quantitative estimate of drug-likeness (QED) is 0.425. The zero-order valence-corrected chi connectivity index (χ0v) is 21.6. The predicted molar refractivity (Wildman–Crippen MR) is 140 cm³/mol. The highest BCUT2D eigenvalue weighted by atomic mass is 19.1. The van der Waals surface area contributed by atoms with E-state index in [0.717, 1.165) is 18.8 Å². The summed E-state index contributed by atoms with van der Waals surface area (Å²) in [7, 11) is 0. The van der Waals surface area contributed by atoms with Crippen LogP contribution in [0.2, 0.25) is 0 Å². The molecule has 4 heterocycles. The van der Waals surface area contributed by atoms with Crippen LogP contribution in [0.25, 0.3) is 16.9 Å². The first-order valence-corrected chi connectivity index (χ1v) is 12.2. The minimum absolute atomic E-state index is 0.00227. The molecule has 0 saturated heterocycles. The summed E-state index contributed by atoms with van der Waals surface area (Å²) in [6.45, 7) is 11.5. The fourth-order valence-electron chi connectivity index (χ4n) is 4.86. The van der Waals surface area contributed by atoms with Crippen LogP contribution in [-0.4, -0.2) is 30.9 Å². The maximum Gasteiger partial charge on any atom is 0.278 e. The molecule has 37 heavy (non-hydrogen) atoms. The fourth-order valence-corrected chi connectivity index (χ4v) is 4.86. The Labute approximate surface area is 214 Å². The van der Waals surface area contributed by atoms with Gasteiger partial charge in [-0.15, -0.1) is 0 Å². The largest absolute Gasteiger partial charge is 0.324 e. The van der Waals surface area contributed by atoms with Gasteiger partial charge in [-0.1, -0.05) is 19.9 Å². The Bertz CT molecular complexity index is 1630. The number of nitrogens with zero attached hydrogens (tertiary/aromatic N) is 6. The minimum Gasteiger partial charge on any atom is -0.324 e. The van der Waals surface area contributed by atoms with E-state index in [1.807, 2.05) is 13.0 Å². The summed E-state index contributed by atoms with van der Waals surface area (Å²) in [5, 5.41) is 16.6. The third kappa shape index (κ3) is 4.15. The normalized spacial score (nSPS) is 14.8. The van der Waals surface area contributed by atoms with Crippen molar-refractivity contribution in [2.24, 2.45) is 0 Å². The second kappa shape index (κ2) is 8.78. The number of pyridine rings is 1. The first-order valence-electron chi connectivity index (χ1n) is 12.2. The zero-order chi connectivity index (χ0) is 26.5. The number of fused-ring (bicyclic) bond motifs is 2. The number of nitriles is 1. The van der Waals surface area contributed by atoms with Crippen LogP contribution in [0.15, 0.2) is 41.3 Å². The van der Waals surface area contributed by atoms with Gasteiger partial charge in [-0.2, -0.15) is 10.2 Å². The molecule has 2 N–H and O–H groups in total. The molecule has 1 aromatic carbocycles. The highest BCUT2D eigenvalue weighted by molar-refractivity contribution is 5.77. The third-order valence-electron chi connectivity index (χ3n) is 6.87. The van der Waals surface area contributed by atoms with Crippen LogP contribution < -0.4 is 16.2 Å². The van der Waals surface area contributed by atoms with Crippen LogP contribution in [0, 0.1) is 17.1 Å². The summed E-state index contributed by atoms with van der Waals surface area (Å²) >= 11 is 0. The van der Waals surface area contributed by atoms with E-state index in [1.54, 1.807) is 18.5 Å². The van der Waals surface area contributed by atoms with Gasteiger partial charge >= 0.3 is 0 Å². The van der Waals surface area contributed by atoms with Crippen molar-refractivity contribution in [3.05, 3.63) is 69.5 Å². The second-order valence-corrected chi connectivity index (χ2v) is 10.5. The Balaban J connectivity index is 1.61. The second-order valence-electron chi connectivity index (χ2n) is 10.5. The molecule has 10 heteroatoms. The summed E-state index contributed by atoms with van der Waals surface area (Å²) in [6.07, 6.45) is 1.49. The van der Waals surface area contributed by atoms with Gasteiger partial charge in [0.1, 0.15) is 11.2 Å². The molecule has 4 aromatic rings. The molecule has 190 valence electrons. The molecule has 3 aromatic heterocycles. The van der Waals surface area contributed by atoms with Crippen molar-refractivity contribution in [2.45, 2.75) is 58.5 Å². The van der Waals surface area contributed by atoms with Gasteiger partial charge in [0.25, 0.3) is 5.56 Å². The zero-order valence-electron chi connectivity index (χ0n) is 21.6. The maximum atomic E-state index is 14.6. The smallest absolute Gasteiger partial charge is 0.278 e. The van der Waals surface area contributed by atoms with Crippen molar-refractivity contribution in [1.29, 1.82) is 5.26 Å². The number of nitrogens with one attached hydrogen (secondary N) is 2. The predicted octanol–water partition coefficient (Wildman–Crippen LogP) is 4.06. The van der Waals surface area contributed by atoms with Gasteiger partial charge < -0.3 is 10.6 Å². The Morgan fingerprint density at radius 1 is 1.24 bits per heavy atom. The van der Waals surface area contributed by atoms with E-state index in [4.69, 9.17) is 0 Å². The van der Waals surface area contributed by atoms with Crippen molar-refractivity contribution in [3.63, 3.8) is 0 Å². The van der Waals surface area contributed by atoms with Crippen LogP contribution in [0.1, 0.15) is 51.4 Å². The molecule has 0 unspecified atom stereocenters. The summed E-state index contributed by atoms with van der Waals surface area (Å²) in [5.41, 5.74) is 2.30. The molecule has 0 aliphatic carbocycles. The molecular weight excluding hydrogens is 471 g/mol. The summed E-state index contributed by atoms with van der Waals surface area (Å²) < 4.78 is 17.6. The fraction of sp³-hybridized carbons (Fsp3) is 0.370. The lowest BCUT2D eigenvalue weighted by Gasteiger charge is -2.33. The average molecular weight is 501 g/mol. The van der Waals surface area contributed by atoms with Gasteiger partial charge in [0.2, 0.25) is 5.95 Å². The summed E-state index contributed by atoms with van der Waals surface area (Å²) in [5.74, 6) is 0.0248. The van der Waals surface area contributed by atoms with Gasteiger partial charge in [0.15, 0.2) is 11.5 Å². The molecule has 0 bridgehead atoms. The molecule has 1 aliphatic rings. The van der Waals surface area contributed by atoms with Gasteiger partial charge in [0.05, 0.1) is 17.2 Å². The Morgan fingerprint density at radius 3 is 2.76 bits per heavy atom. The Hall–Kier alpha value is -4.10. The van der Waals surface area contributed by atoms with Crippen LogP contribution in [0.3, 0.4) is 0 Å². The lowest BCUT2D eigenvalue weighted by Crippen LogP contribution is -2.38. The van der Waals surface area contributed by atoms with E-state index in [1.165, 1.54) is 34.1 Å². The molecule has 0 spiro atoms. The van der Waals surface area contributed by atoms with Crippen LogP contribution in [-0.2, 0) is 23.9 Å². The van der Waals surface area contributed by atoms with Crippen molar-refractivity contribution in [2.75, 3.05) is 11.9 Å². The van der Waals surface area contributed by atoms with E-state index < -0.39 is 11.2 Å². The molecular formula is C27H29FN8O. The van der Waals surface area contributed by atoms with Gasteiger partial charge in [-0.05, 0) is 56.2 Å². The lowest BCUT2D eigenvalue weighted by molar-refractivity contribution is 0.435. The van der Waals surface area contributed by atoms with E-state index in [0.29, 0.717) is 29.3 Å². The molecule has 0 amide bonds. The van der Waals surface area contributed by atoms with E-state index in [9.17, 15) is 14.4 Å². The number of hydrogen-bond donors (Lipinski definition) is 2. The average Bonchev–Trinajstić information content (AvgIpc) is 3.14. The highest BCUT2D eigenvalue weighted by Crippen LogP contribution is 2.32. The highest BCUT2D eigenvalue weighted by Gasteiger charge is 2.28. The Morgan fingerprint density at radius 2 is 2.03 bits per heavy atom. The first kappa shape index (κ1) is 24.6. The SMILES string of the molecule is CCn1c(=O)c2cnc(Nc3ccc4c(c3)CNCC4(C)C)nc2n1-c1ccc(F)c(C(C)(C)C#N)n1. The topological polar surface area (TPSA) is 113 Å². The number of halogens is 1. The number of benzene rings is 1. The van der Waals surface area contributed by atoms with E-state index in [2.05, 4.69) is 57.6 Å². The monoisotopic (exact) mass is 500 g/mol. The molecule has 0 saturated carbocycles. The number of rotatable bonds is 5. The van der Waals surface area contributed by atoms with Gasteiger partial charge in [-0.25, -0.2) is 23.7 Å². The van der Waals surface area contributed by atoms with Crippen molar-refractivity contribution < 1.29 is 4.39 Å². The summed E-state index contributed by atoms with van der Waals surface area (Å²) in [6, 6.07) is 11.0. The first-order chi connectivity index (χ1) is 17.6. The van der Waals surface area contributed by atoms with Gasteiger partial charge in [0, 0.05) is 36.9 Å². The molecule has 5 rings (SSSR count). The molecule has 9 nitrogen and oxygen atoms in total. The van der Waals surface area contributed by atoms with Crippen molar-refractivity contribution >= 4 is 22.7 Å². The minimum atomic E-state index is -1.15. The van der Waals surface area contributed by atoms with Crippen LogP contribution in [0.5, 0.6) is 0 Å². The lowest BCUT2D eigenvalue weighted by atomic mass is 9.79. The standard InChI is InChI=1S/C27H29FN8O/c1-6-35-24(37)18-13-31-25(32-17-7-8-19-16(11-17)12-30-15-27(19,4)5)34-23(18)36(35)21-10-9-20(28)22(33-21)26(2,3)14-29/h7-11,13,30H,6,12,15H2,1-5H3,(H,31,32,34). The van der Waals surface area contributed by atoms with Crippen LogP contribution >= 0.6 is 0 Å². The third-order valence-corrected chi connectivity index (χ3v) is 6.87. The molecule has 0 fully saturated rings. The molecule has 0 atom stereocenters. The Kier molecular flexibility index (Phi) is 5.83. The van der Waals surface area contributed by atoms with E-state index in [-0.39, 0.29) is 16.7 Å². The van der Waals surface area contributed by atoms with Gasteiger partial charge in [-0.3, -0.25) is 4.79 Å². The van der Waals surface area contributed by atoms with Crippen LogP contribution in [0.4, 0.5) is 16.0 Å². The molecule has 0 radical (unpaired) electrons. The summed E-state index contributed by atoms with van der Waals surface area (Å²) in [4.78, 5) is 26.6. The number of aromatic nitrogens is 5. The van der Waals surface area contributed by atoms with Crippen molar-refractivity contribution in [3.8, 4) is 11.9 Å². The number of anilines is 2. The van der Waals surface area contributed by atoms with E-state index >= 15 is 0 Å². The number of hydrogen-bond acceptors (Lipinski definition) is 7. The van der Waals surface area contributed by atoms with Crippen molar-refractivity contribution in [1.82, 2.24) is 29.6 Å². The molecule has 1 aliphatic heterocycles.